The Labute approximate surface area is 131 Å². The molecule has 2 saturated heterocycles. The minimum Gasteiger partial charge on any atom is -0.392 e. The fourth-order valence-electron chi connectivity index (χ4n) is 3.32. The Bertz CT molecular complexity index is 425. The average Bonchev–Trinajstić information content (AvgIpc) is 2.54. The van der Waals surface area contributed by atoms with Crippen LogP contribution < -0.4 is 0 Å². The number of aliphatic hydroxyl groups excluding tert-OH is 1. The summed E-state index contributed by atoms with van der Waals surface area (Å²) in [6.07, 6.45) is 3.65. The highest BCUT2D eigenvalue weighted by molar-refractivity contribution is 7.99. The average molecular weight is 308 g/mol. The molecule has 1 spiro atoms. The largest absolute Gasteiger partial charge is 0.392 e. The fourth-order valence-corrected chi connectivity index (χ4v) is 4.31. The summed E-state index contributed by atoms with van der Waals surface area (Å²) in [5.41, 5.74) is -0.0282. The van der Waals surface area contributed by atoms with E-state index in [0.717, 1.165) is 51.3 Å². The van der Waals surface area contributed by atoms with Gasteiger partial charge in [-0.25, -0.2) is 0 Å². The van der Waals surface area contributed by atoms with E-state index in [4.69, 9.17) is 9.47 Å². The molecule has 0 amide bonds. The summed E-state index contributed by atoms with van der Waals surface area (Å²) in [5.74, 6) is 1.12. The molecular weight excluding hydrogens is 284 g/mol. The van der Waals surface area contributed by atoms with Gasteiger partial charge in [-0.15, -0.1) is 11.8 Å². The summed E-state index contributed by atoms with van der Waals surface area (Å²) in [6.45, 7) is 2.36. The van der Waals surface area contributed by atoms with Gasteiger partial charge in [-0.2, -0.15) is 0 Å². The van der Waals surface area contributed by atoms with Gasteiger partial charge in [-0.05, 0) is 43.7 Å². The van der Waals surface area contributed by atoms with Crippen molar-refractivity contribution in [3.8, 4) is 0 Å². The third-order valence-electron chi connectivity index (χ3n) is 4.64. The van der Waals surface area contributed by atoms with Crippen molar-refractivity contribution in [3.63, 3.8) is 0 Å². The minimum absolute atomic E-state index is 0.0282. The van der Waals surface area contributed by atoms with Crippen LogP contribution in [-0.2, 0) is 9.47 Å². The zero-order valence-electron chi connectivity index (χ0n) is 12.4. The number of hydrogen-bond donors (Lipinski definition) is 1. The van der Waals surface area contributed by atoms with Crippen LogP contribution in [0.5, 0.6) is 0 Å². The Morgan fingerprint density at radius 1 is 1.19 bits per heavy atom. The lowest BCUT2D eigenvalue weighted by molar-refractivity contribution is -0.156. The van der Waals surface area contributed by atoms with Gasteiger partial charge < -0.3 is 14.6 Å². The predicted molar refractivity (Wildman–Crippen MR) is 84.6 cm³/mol. The molecule has 1 N–H and O–H groups in total. The van der Waals surface area contributed by atoms with Crippen LogP contribution in [-0.4, -0.2) is 42.4 Å². The smallest absolute Gasteiger partial charge is 0.0730 e. The molecule has 1 aromatic rings. The van der Waals surface area contributed by atoms with E-state index in [9.17, 15) is 5.11 Å². The Morgan fingerprint density at radius 3 is 2.71 bits per heavy atom. The van der Waals surface area contributed by atoms with Crippen LogP contribution >= 0.6 is 11.8 Å². The van der Waals surface area contributed by atoms with E-state index in [-0.39, 0.29) is 11.7 Å². The summed E-state index contributed by atoms with van der Waals surface area (Å²) in [6, 6.07) is 10.3. The summed E-state index contributed by atoms with van der Waals surface area (Å²) in [5, 5.41) is 10.5. The minimum atomic E-state index is -0.251. The highest BCUT2D eigenvalue weighted by Gasteiger charge is 2.40. The normalized spacial score (nSPS) is 26.6. The molecule has 2 heterocycles. The predicted octanol–water partition coefficient (Wildman–Crippen LogP) is 3.12. The molecule has 0 aromatic heterocycles. The molecule has 3 nitrogen and oxygen atoms in total. The first-order valence-electron chi connectivity index (χ1n) is 7.85. The van der Waals surface area contributed by atoms with Gasteiger partial charge in [0.25, 0.3) is 0 Å². The van der Waals surface area contributed by atoms with Crippen molar-refractivity contribution in [1.29, 1.82) is 0 Å². The number of thioether (sulfide) groups is 1. The van der Waals surface area contributed by atoms with Gasteiger partial charge in [-0.1, -0.05) is 18.2 Å². The van der Waals surface area contributed by atoms with Crippen molar-refractivity contribution in [2.24, 2.45) is 5.92 Å². The summed E-state index contributed by atoms with van der Waals surface area (Å²) in [7, 11) is 0. The molecule has 2 fully saturated rings. The lowest BCUT2D eigenvalue weighted by Gasteiger charge is -2.44. The molecule has 0 aliphatic carbocycles. The molecule has 0 bridgehead atoms. The molecule has 4 heteroatoms. The second kappa shape index (κ2) is 7.14. The van der Waals surface area contributed by atoms with Crippen molar-refractivity contribution in [2.75, 3.05) is 25.6 Å². The lowest BCUT2D eigenvalue weighted by atomic mass is 9.79. The van der Waals surface area contributed by atoms with Gasteiger partial charge in [0.15, 0.2) is 0 Å². The van der Waals surface area contributed by atoms with E-state index >= 15 is 0 Å². The molecule has 0 radical (unpaired) electrons. The topological polar surface area (TPSA) is 38.7 Å². The Kier molecular flexibility index (Phi) is 5.22. The van der Waals surface area contributed by atoms with Crippen LogP contribution in [0.3, 0.4) is 0 Å². The zero-order valence-corrected chi connectivity index (χ0v) is 13.2. The standard InChI is InChI=1S/C17H24O3S/c18-16(13-21-15-4-2-1-3-5-15)14-6-9-20-17(12-14)7-10-19-11-8-17/h1-5,14,16,18H,6-13H2. The molecule has 116 valence electrons. The Balaban J connectivity index is 1.53. The van der Waals surface area contributed by atoms with Crippen LogP contribution in [0, 0.1) is 5.92 Å². The van der Waals surface area contributed by atoms with E-state index in [0.29, 0.717) is 5.92 Å². The molecule has 0 saturated carbocycles. The molecule has 3 rings (SSSR count). The molecule has 2 unspecified atom stereocenters. The third-order valence-corrected chi connectivity index (χ3v) is 5.76. The van der Waals surface area contributed by atoms with Crippen molar-refractivity contribution < 1.29 is 14.6 Å². The highest BCUT2D eigenvalue weighted by atomic mass is 32.2. The van der Waals surface area contributed by atoms with Crippen LogP contribution in [0.2, 0.25) is 0 Å². The van der Waals surface area contributed by atoms with Crippen LogP contribution in [0.1, 0.15) is 25.7 Å². The van der Waals surface area contributed by atoms with Gasteiger partial charge in [0, 0.05) is 30.5 Å². The number of hydrogen-bond acceptors (Lipinski definition) is 4. The van der Waals surface area contributed by atoms with E-state index in [1.807, 2.05) is 18.2 Å². The third kappa shape index (κ3) is 4.01. The summed E-state index contributed by atoms with van der Waals surface area (Å²) in [4.78, 5) is 1.23. The van der Waals surface area contributed by atoms with Gasteiger partial charge in [0.2, 0.25) is 0 Å². The number of ether oxygens (including phenoxy) is 2. The first kappa shape index (κ1) is 15.3. The SMILES string of the molecule is OC(CSc1ccccc1)C1CCOC2(CCOCC2)C1. The van der Waals surface area contributed by atoms with Crippen LogP contribution in [0.4, 0.5) is 0 Å². The number of benzene rings is 1. The quantitative estimate of drug-likeness (QED) is 0.868. The monoisotopic (exact) mass is 308 g/mol. The van der Waals surface area contributed by atoms with Gasteiger partial charge >= 0.3 is 0 Å². The first-order chi connectivity index (χ1) is 10.3. The van der Waals surface area contributed by atoms with Gasteiger partial charge in [0.05, 0.1) is 11.7 Å². The van der Waals surface area contributed by atoms with Crippen LogP contribution in [0.25, 0.3) is 0 Å². The van der Waals surface area contributed by atoms with E-state index in [2.05, 4.69) is 12.1 Å². The Morgan fingerprint density at radius 2 is 1.95 bits per heavy atom. The maximum Gasteiger partial charge on any atom is 0.0730 e. The number of aliphatic hydroxyl groups is 1. The van der Waals surface area contributed by atoms with E-state index in [1.54, 1.807) is 11.8 Å². The fraction of sp³-hybridized carbons (Fsp3) is 0.647. The summed E-state index contributed by atoms with van der Waals surface area (Å²) >= 11 is 1.74. The lowest BCUT2D eigenvalue weighted by Crippen LogP contribution is -2.47. The van der Waals surface area contributed by atoms with E-state index < -0.39 is 0 Å². The molecule has 2 aliphatic heterocycles. The Hall–Kier alpha value is -0.550. The molecular formula is C17H24O3S. The second-order valence-electron chi connectivity index (χ2n) is 6.09. The molecule has 2 aliphatic rings. The van der Waals surface area contributed by atoms with Gasteiger partial charge in [-0.3, -0.25) is 0 Å². The summed E-state index contributed by atoms with van der Waals surface area (Å²) < 4.78 is 11.5. The van der Waals surface area contributed by atoms with Gasteiger partial charge in [0.1, 0.15) is 0 Å². The van der Waals surface area contributed by atoms with Crippen molar-refractivity contribution in [3.05, 3.63) is 30.3 Å². The second-order valence-corrected chi connectivity index (χ2v) is 7.18. The highest BCUT2D eigenvalue weighted by Crippen LogP contribution is 2.39. The van der Waals surface area contributed by atoms with E-state index in [1.165, 1.54) is 4.90 Å². The first-order valence-corrected chi connectivity index (χ1v) is 8.84. The van der Waals surface area contributed by atoms with Crippen molar-refractivity contribution in [2.45, 2.75) is 42.3 Å². The maximum atomic E-state index is 10.5. The van der Waals surface area contributed by atoms with Crippen molar-refractivity contribution in [1.82, 2.24) is 0 Å². The maximum absolute atomic E-state index is 10.5. The van der Waals surface area contributed by atoms with Crippen molar-refractivity contribution >= 4 is 11.8 Å². The van der Waals surface area contributed by atoms with Crippen LogP contribution in [0.15, 0.2) is 35.2 Å². The molecule has 1 aromatic carbocycles. The zero-order chi connectivity index (χ0) is 14.5. The molecule has 21 heavy (non-hydrogen) atoms. The molecule has 2 atom stereocenters. The number of rotatable bonds is 4.